The number of anilines is 3. The van der Waals surface area contributed by atoms with E-state index in [1.54, 1.807) is 6.07 Å². The van der Waals surface area contributed by atoms with Crippen molar-refractivity contribution in [3.8, 4) is 0 Å². The van der Waals surface area contributed by atoms with Gasteiger partial charge in [-0.25, -0.2) is 18.4 Å². The predicted molar refractivity (Wildman–Crippen MR) is 134 cm³/mol. The average Bonchev–Trinajstić information content (AvgIpc) is 2.81. The van der Waals surface area contributed by atoms with Gasteiger partial charge in [-0.1, -0.05) is 71.7 Å². The summed E-state index contributed by atoms with van der Waals surface area (Å²) < 4.78 is 28.8. The van der Waals surface area contributed by atoms with E-state index in [0.717, 1.165) is 16.5 Å². The number of sulfonamides is 1. The Morgan fingerprint density at radius 3 is 2.12 bits per heavy atom. The molecule has 0 unspecified atom stereocenters. The Morgan fingerprint density at radius 1 is 0.697 bits per heavy atom. The number of benzene rings is 4. The SMILES string of the molecule is O=S(=O)(Nc1nc2ccccc2nc1Nc1cccc2ccccc12)c1ccc(Cl)c(Cl)c1. The highest BCUT2D eigenvalue weighted by Crippen LogP contribution is 2.31. The van der Waals surface area contributed by atoms with E-state index in [1.807, 2.05) is 60.7 Å². The molecule has 0 saturated carbocycles. The molecular formula is C24H16Cl2N4O2S. The highest BCUT2D eigenvalue weighted by atomic mass is 35.5. The summed E-state index contributed by atoms with van der Waals surface area (Å²) in [4.78, 5) is 9.13. The van der Waals surface area contributed by atoms with Crippen LogP contribution in [0.4, 0.5) is 17.3 Å². The topological polar surface area (TPSA) is 84.0 Å². The number of hydrogen-bond donors (Lipinski definition) is 2. The lowest BCUT2D eigenvalue weighted by Crippen LogP contribution is -2.16. The maximum absolute atomic E-state index is 13.1. The van der Waals surface area contributed by atoms with Gasteiger partial charge in [0.1, 0.15) is 0 Å². The van der Waals surface area contributed by atoms with Crippen molar-refractivity contribution in [1.82, 2.24) is 9.97 Å². The average molecular weight is 495 g/mol. The molecule has 5 rings (SSSR count). The van der Waals surface area contributed by atoms with Gasteiger partial charge in [-0.3, -0.25) is 4.72 Å². The van der Waals surface area contributed by atoms with Gasteiger partial charge < -0.3 is 5.32 Å². The van der Waals surface area contributed by atoms with Crippen LogP contribution in [0, 0.1) is 0 Å². The van der Waals surface area contributed by atoms with Crippen LogP contribution in [-0.2, 0) is 10.0 Å². The molecule has 0 saturated heterocycles. The van der Waals surface area contributed by atoms with Gasteiger partial charge in [0.25, 0.3) is 10.0 Å². The standard InChI is InChI=1S/C24H16Cl2N4O2S/c25-18-13-12-16(14-19(18)26)33(31,32)30-24-23(28-21-9-3-4-10-22(21)29-24)27-20-11-5-7-15-6-1-2-8-17(15)20/h1-14H,(H,27,28)(H,29,30). The third kappa shape index (κ3) is 4.30. The highest BCUT2D eigenvalue weighted by molar-refractivity contribution is 7.92. The third-order valence-electron chi connectivity index (χ3n) is 5.05. The monoisotopic (exact) mass is 494 g/mol. The van der Waals surface area contributed by atoms with Crippen molar-refractivity contribution >= 4 is 72.4 Å². The molecule has 0 atom stereocenters. The van der Waals surface area contributed by atoms with E-state index in [1.165, 1.54) is 18.2 Å². The molecule has 0 amide bonds. The van der Waals surface area contributed by atoms with Crippen LogP contribution in [0.15, 0.2) is 89.8 Å². The number of rotatable bonds is 5. The lowest BCUT2D eigenvalue weighted by molar-refractivity contribution is 0.601. The van der Waals surface area contributed by atoms with Crippen LogP contribution in [0.5, 0.6) is 0 Å². The Kier molecular flexibility index (Phi) is 5.54. The summed E-state index contributed by atoms with van der Waals surface area (Å²) in [7, 11) is -4.01. The van der Waals surface area contributed by atoms with Crippen LogP contribution in [0.2, 0.25) is 10.0 Å². The van der Waals surface area contributed by atoms with Gasteiger partial charge in [0, 0.05) is 11.1 Å². The third-order valence-corrected chi connectivity index (χ3v) is 7.12. The molecule has 5 aromatic rings. The lowest BCUT2D eigenvalue weighted by atomic mass is 10.1. The molecule has 0 spiro atoms. The first-order valence-corrected chi connectivity index (χ1v) is 12.1. The minimum atomic E-state index is -4.01. The van der Waals surface area contributed by atoms with E-state index in [9.17, 15) is 8.42 Å². The Balaban J connectivity index is 1.62. The zero-order valence-corrected chi connectivity index (χ0v) is 19.3. The second kappa shape index (κ2) is 8.51. The van der Waals surface area contributed by atoms with E-state index in [0.29, 0.717) is 11.0 Å². The highest BCUT2D eigenvalue weighted by Gasteiger charge is 2.20. The fourth-order valence-corrected chi connectivity index (χ4v) is 4.85. The molecule has 0 radical (unpaired) electrons. The van der Waals surface area contributed by atoms with Crippen LogP contribution in [0.3, 0.4) is 0 Å². The molecule has 0 bridgehead atoms. The fourth-order valence-electron chi connectivity index (χ4n) is 3.45. The quantitative estimate of drug-likeness (QED) is 0.286. The summed E-state index contributed by atoms with van der Waals surface area (Å²) in [5, 5.41) is 5.66. The van der Waals surface area contributed by atoms with Crippen molar-refractivity contribution in [2.45, 2.75) is 4.90 Å². The Morgan fingerprint density at radius 2 is 1.36 bits per heavy atom. The number of para-hydroxylation sites is 2. The van der Waals surface area contributed by atoms with Crippen LogP contribution < -0.4 is 10.0 Å². The molecule has 0 aliphatic rings. The van der Waals surface area contributed by atoms with Crippen LogP contribution in [0.25, 0.3) is 21.8 Å². The van der Waals surface area contributed by atoms with E-state index >= 15 is 0 Å². The van der Waals surface area contributed by atoms with E-state index in [-0.39, 0.29) is 26.6 Å². The van der Waals surface area contributed by atoms with Gasteiger partial charge in [0.2, 0.25) is 0 Å². The molecule has 9 heteroatoms. The summed E-state index contributed by atoms with van der Waals surface area (Å²) in [6.07, 6.45) is 0. The number of aromatic nitrogens is 2. The van der Waals surface area contributed by atoms with Crippen molar-refractivity contribution in [3.63, 3.8) is 0 Å². The van der Waals surface area contributed by atoms with Crippen molar-refractivity contribution in [3.05, 3.63) is 95.0 Å². The number of nitrogens with zero attached hydrogens (tertiary/aromatic N) is 2. The molecule has 4 aromatic carbocycles. The van der Waals surface area contributed by atoms with Gasteiger partial charge in [0.05, 0.1) is 26.0 Å². The zero-order valence-electron chi connectivity index (χ0n) is 17.0. The van der Waals surface area contributed by atoms with Crippen molar-refractivity contribution in [1.29, 1.82) is 0 Å². The molecule has 0 aliphatic carbocycles. The molecule has 33 heavy (non-hydrogen) atoms. The molecule has 0 fully saturated rings. The van der Waals surface area contributed by atoms with Gasteiger partial charge in [-0.2, -0.15) is 0 Å². The van der Waals surface area contributed by atoms with Crippen LogP contribution >= 0.6 is 23.2 Å². The zero-order chi connectivity index (χ0) is 23.0. The Bertz CT molecular complexity index is 1620. The van der Waals surface area contributed by atoms with E-state index in [4.69, 9.17) is 23.2 Å². The first-order valence-electron chi connectivity index (χ1n) is 9.90. The summed E-state index contributed by atoms with van der Waals surface area (Å²) in [5.41, 5.74) is 1.94. The molecule has 0 aliphatic heterocycles. The second-order valence-electron chi connectivity index (χ2n) is 7.24. The van der Waals surface area contributed by atoms with Gasteiger partial charge >= 0.3 is 0 Å². The minimum absolute atomic E-state index is 0.0389. The van der Waals surface area contributed by atoms with Crippen molar-refractivity contribution < 1.29 is 8.42 Å². The van der Waals surface area contributed by atoms with Crippen LogP contribution in [0.1, 0.15) is 0 Å². The van der Waals surface area contributed by atoms with E-state index in [2.05, 4.69) is 20.0 Å². The molecule has 164 valence electrons. The summed E-state index contributed by atoms with van der Waals surface area (Å²) in [5.74, 6) is 0.335. The van der Waals surface area contributed by atoms with Gasteiger partial charge in [-0.15, -0.1) is 0 Å². The lowest BCUT2D eigenvalue weighted by Gasteiger charge is -2.15. The number of halogens is 2. The second-order valence-corrected chi connectivity index (χ2v) is 9.74. The number of hydrogen-bond acceptors (Lipinski definition) is 5. The van der Waals surface area contributed by atoms with Gasteiger partial charge in [0.15, 0.2) is 11.6 Å². The summed E-state index contributed by atoms with van der Waals surface area (Å²) in [6, 6.07) is 25.0. The van der Waals surface area contributed by atoms with Gasteiger partial charge in [-0.05, 0) is 41.8 Å². The molecular weight excluding hydrogens is 479 g/mol. The smallest absolute Gasteiger partial charge is 0.263 e. The largest absolute Gasteiger partial charge is 0.337 e. The Labute approximate surface area is 200 Å². The Hall–Kier alpha value is -3.39. The van der Waals surface area contributed by atoms with Crippen molar-refractivity contribution in [2.24, 2.45) is 0 Å². The minimum Gasteiger partial charge on any atom is -0.337 e. The predicted octanol–water partition coefficient (Wildman–Crippen LogP) is 6.63. The van der Waals surface area contributed by atoms with Crippen molar-refractivity contribution in [2.75, 3.05) is 10.0 Å². The van der Waals surface area contributed by atoms with E-state index < -0.39 is 10.0 Å². The molecule has 1 aromatic heterocycles. The number of fused-ring (bicyclic) bond motifs is 2. The maximum atomic E-state index is 13.1. The summed E-state index contributed by atoms with van der Waals surface area (Å²) in [6.45, 7) is 0. The maximum Gasteiger partial charge on any atom is 0.263 e. The number of nitrogens with one attached hydrogen (secondary N) is 2. The fraction of sp³-hybridized carbons (Fsp3) is 0. The molecule has 2 N–H and O–H groups in total. The molecule has 6 nitrogen and oxygen atoms in total. The molecule has 1 heterocycles. The normalized spacial score (nSPS) is 11.6. The summed E-state index contributed by atoms with van der Waals surface area (Å²) >= 11 is 12.0. The van der Waals surface area contributed by atoms with Crippen LogP contribution in [-0.4, -0.2) is 18.4 Å². The first kappa shape index (κ1) is 21.5. The first-order chi connectivity index (χ1) is 15.9.